The quantitative estimate of drug-likeness (QED) is 0.0794. The van der Waals surface area contributed by atoms with E-state index in [9.17, 15) is 80.2 Å². The van der Waals surface area contributed by atoms with Crippen molar-refractivity contribution in [3.05, 3.63) is 0 Å². The first-order chi connectivity index (χ1) is 25.4. The Morgan fingerprint density at radius 1 is 0.544 bits per heavy atom. The molecule has 0 amide bonds. The van der Waals surface area contributed by atoms with Gasteiger partial charge in [-0.25, -0.2) is 0 Å². The number of alkyl halides is 15. The number of carbonyl (C=O) groups excluding carboxylic acids is 3. The van der Waals surface area contributed by atoms with Crippen LogP contribution in [-0.4, -0.2) is 67.1 Å². The van der Waals surface area contributed by atoms with Gasteiger partial charge >= 0.3 is 48.8 Å². The van der Waals surface area contributed by atoms with E-state index in [0.29, 0.717) is 6.92 Å². The molecule has 0 N–H and O–H groups in total. The zero-order valence-electron chi connectivity index (χ0n) is 33.5. The van der Waals surface area contributed by atoms with Crippen molar-refractivity contribution < 1.29 is 94.5 Å². The maximum atomic E-state index is 12.9. The lowest BCUT2D eigenvalue weighted by atomic mass is 9.83. The SMILES string of the molecule is CCC(C)(C(=O)OC(C(C)C)C(C)C)C(F)(F)F.CCC(C)(C(=O)OC(C(F)(F)F)C(F)(F)F)C(=O)OC(C(F)(F)F)C(F)(F)F.CCC(C)CC1CCCCC1. The maximum absolute atomic E-state index is 12.9. The molecule has 1 aliphatic rings. The zero-order valence-corrected chi connectivity index (χ0v) is 33.5. The molecule has 6 nitrogen and oxygen atoms in total. The summed E-state index contributed by atoms with van der Waals surface area (Å²) >= 11 is 0. The Morgan fingerprint density at radius 3 is 1.14 bits per heavy atom. The molecule has 0 heterocycles. The van der Waals surface area contributed by atoms with E-state index < -0.39 is 84.4 Å². The molecular weight excluding hydrogens is 813 g/mol. The minimum absolute atomic E-state index is 0.0108. The summed E-state index contributed by atoms with van der Waals surface area (Å²) in [6, 6.07) is 0. The fourth-order valence-electron chi connectivity index (χ4n) is 5.40. The third-order valence-corrected chi connectivity index (χ3v) is 9.75. The monoisotopic (exact) mass is 868 g/mol. The Labute approximate surface area is 323 Å². The van der Waals surface area contributed by atoms with Gasteiger partial charge in [-0.1, -0.05) is 93.9 Å². The van der Waals surface area contributed by atoms with Crippen LogP contribution in [0.1, 0.15) is 127 Å². The predicted octanol–water partition coefficient (Wildman–Crippen LogP) is 12.7. The first-order valence-corrected chi connectivity index (χ1v) is 18.3. The topological polar surface area (TPSA) is 78.9 Å². The molecule has 2 unspecified atom stereocenters. The molecule has 0 aromatic heterocycles. The van der Waals surface area contributed by atoms with Crippen molar-refractivity contribution in [3.8, 4) is 0 Å². The van der Waals surface area contributed by atoms with Crippen molar-refractivity contribution in [3.63, 3.8) is 0 Å². The Hall–Kier alpha value is -2.64. The highest BCUT2D eigenvalue weighted by Crippen LogP contribution is 2.43. The van der Waals surface area contributed by atoms with Crippen molar-refractivity contribution in [1.29, 1.82) is 0 Å². The first kappa shape index (κ1) is 56.5. The molecule has 21 heteroatoms. The van der Waals surface area contributed by atoms with E-state index in [1.807, 2.05) is 27.7 Å². The number of hydrogen-bond acceptors (Lipinski definition) is 6. The van der Waals surface area contributed by atoms with E-state index in [4.69, 9.17) is 4.74 Å². The van der Waals surface area contributed by atoms with E-state index in [1.165, 1.54) is 51.9 Å². The first-order valence-electron chi connectivity index (χ1n) is 18.3. The average Bonchev–Trinajstić information content (AvgIpc) is 3.05. The number of halogens is 15. The fraction of sp³-hybridized carbons (Fsp3) is 0.917. The maximum Gasteiger partial charge on any atom is 0.434 e. The fourth-order valence-corrected chi connectivity index (χ4v) is 5.40. The lowest BCUT2D eigenvalue weighted by Crippen LogP contribution is -2.52. The van der Waals surface area contributed by atoms with Crippen LogP contribution in [0.4, 0.5) is 65.9 Å². The smallest absolute Gasteiger partial charge is 0.434 e. The summed E-state index contributed by atoms with van der Waals surface area (Å²) in [5.41, 5.74) is -5.75. The third-order valence-electron chi connectivity index (χ3n) is 9.75. The van der Waals surface area contributed by atoms with Crippen molar-refractivity contribution in [1.82, 2.24) is 0 Å². The van der Waals surface area contributed by atoms with E-state index in [1.54, 1.807) is 0 Å². The van der Waals surface area contributed by atoms with Gasteiger partial charge in [-0.05, 0) is 56.8 Å². The van der Waals surface area contributed by atoms with E-state index in [-0.39, 0.29) is 25.2 Å². The number of esters is 3. The molecule has 0 saturated heterocycles. The standard InChI is InChI=1S/C13H23F3O2.C12H10F12O4.C11H22/c1-7-12(6,13(14,15)16)11(17)18-10(8(2)3)9(4)5;1-3-8(2,6(25)27-4(9(13,14)15)10(16,17)18)7(26)28-5(11(19,20)21)12(22,23)24;1-3-10(2)9-11-7-5-4-6-8-11/h8-10H,7H2,1-6H3;4-5H,3H2,1-2H3;10-11H,3-9H2,1-2H3. The van der Waals surface area contributed by atoms with Crippen LogP contribution in [0.3, 0.4) is 0 Å². The number of ether oxygens (including phenoxy) is 3. The molecule has 0 aromatic rings. The average molecular weight is 869 g/mol. The molecule has 0 radical (unpaired) electrons. The van der Waals surface area contributed by atoms with Gasteiger partial charge in [-0.15, -0.1) is 0 Å². The van der Waals surface area contributed by atoms with Crippen LogP contribution in [0.2, 0.25) is 0 Å². The van der Waals surface area contributed by atoms with Gasteiger partial charge in [0.2, 0.25) is 0 Å². The van der Waals surface area contributed by atoms with Crippen LogP contribution in [0.25, 0.3) is 0 Å². The number of hydrogen-bond donors (Lipinski definition) is 0. The molecule has 340 valence electrons. The summed E-state index contributed by atoms with van der Waals surface area (Å²) < 4.78 is 199. The highest BCUT2D eigenvalue weighted by molar-refractivity contribution is 5.99. The van der Waals surface area contributed by atoms with Crippen LogP contribution >= 0.6 is 0 Å². The number of carbonyl (C=O) groups is 3. The summed E-state index contributed by atoms with van der Waals surface area (Å²) in [6.45, 7) is 15.1. The van der Waals surface area contributed by atoms with Crippen LogP contribution in [-0.2, 0) is 28.6 Å². The lowest BCUT2D eigenvalue weighted by molar-refractivity contribution is -0.320. The molecule has 0 bridgehead atoms. The molecular formula is C36H55F15O6. The predicted molar refractivity (Wildman–Crippen MR) is 177 cm³/mol. The van der Waals surface area contributed by atoms with Crippen molar-refractivity contribution in [2.75, 3.05) is 0 Å². The highest BCUT2D eigenvalue weighted by Gasteiger charge is 2.64. The van der Waals surface area contributed by atoms with E-state index >= 15 is 0 Å². The summed E-state index contributed by atoms with van der Waals surface area (Å²) in [5, 5.41) is 0. The summed E-state index contributed by atoms with van der Waals surface area (Å²) in [7, 11) is 0. The van der Waals surface area contributed by atoms with Crippen molar-refractivity contribution >= 4 is 17.9 Å². The normalized spacial score (nSPS) is 16.7. The van der Waals surface area contributed by atoms with Gasteiger partial charge in [0.15, 0.2) is 10.8 Å². The Kier molecular flexibility index (Phi) is 21.9. The molecule has 0 spiro atoms. The highest BCUT2D eigenvalue weighted by atomic mass is 19.4. The van der Waals surface area contributed by atoms with Gasteiger partial charge in [-0.2, -0.15) is 65.9 Å². The lowest BCUT2D eigenvalue weighted by Gasteiger charge is -2.33. The number of rotatable bonds is 13. The van der Waals surface area contributed by atoms with Gasteiger partial charge in [0.05, 0.1) is 0 Å². The molecule has 1 aliphatic carbocycles. The Balaban J connectivity index is 0. The Bertz CT molecular complexity index is 1130. The van der Waals surface area contributed by atoms with Gasteiger partial charge in [0, 0.05) is 0 Å². The molecule has 0 aliphatic heterocycles. The summed E-state index contributed by atoms with van der Waals surface area (Å²) in [6.07, 6.45) is -30.6. The molecule has 1 fully saturated rings. The minimum atomic E-state index is -6.23. The second kappa shape index (κ2) is 22.1. The molecule has 1 saturated carbocycles. The van der Waals surface area contributed by atoms with Crippen LogP contribution < -0.4 is 0 Å². The van der Waals surface area contributed by atoms with E-state index in [2.05, 4.69) is 23.3 Å². The van der Waals surface area contributed by atoms with Gasteiger partial charge in [0.25, 0.3) is 12.2 Å². The molecule has 1 rings (SSSR count). The molecule has 2 atom stereocenters. The molecule has 57 heavy (non-hydrogen) atoms. The Morgan fingerprint density at radius 2 is 0.895 bits per heavy atom. The van der Waals surface area contributed by atoms with Crippen LogP contribution in [0.5, 0.6) is 0 Å². The second-order valence-corrected chi connectivity index (χ2v) is 15.2. The van der Waals surface area contributed by atoms with Crippen molar-refractivity contribution in [2.24, 2.45) is 34.5 Å². The third kappa shape index (κ3) is 18.0. The second-order valence-electron chi connectivity index (χ2n) is 15.2. The summed E-state index contributed by atoms with van der Waals surface area (Å²) in [4.78, 5) is 35.1. The van der Waals surface area contributed by atoms with Gasteiger partial charge < -0.3 is 14.2 Å². The largest absolute Gasteiger partial charge is 0.461 e. The zero-order chi connectivity index (χ0) is 45.8. The van der Waals surface area contributed by atoms with Crippen molar-refractivity contribution in [2.45, 2.75) is 176 Å². The van der Waals surface area contributed by atoms with Crippen LogP contribution in [0.15, 0.2) is 0 Å². The summed E-state index contributed by atoms with van der Waals surface area (Å²) in [5.74, 6) is -4.50. The minimum Gasteiger partial charge on any atom is -0.461 e. The van der Waals surface area contributed by atoms with Gasteiger partial charge in [-0.3, -0.25) is 14.4 Å². The van der Waals surface area contributed by atoms with E-state index in [0.717, 1.165) is 18.8 Å². The molecule has 0 aromatic carbocycles. The van der Waals surface area contributed by atoms with Gasteiger partial charge in [0.1, 0.15) is 6.10 Å². The van der Waals surface area contributed by atoms with Crippen LogP contribution in [0, 0.1) is 34.5 Å².